The quantitative estimate of drug-likeness (QED) is 0.824. The molecule has 7 nitrogen and oxygen atoms in total. The second-order valence-corrected chi connectivity index (χ2v) is 10.3. The van der Waals surface area contributed by atoms with Crippen LogP contribution in [-0.4, -0.2) is 54.4 Å². The highest BCUT2D eigenvalue weighted by Crippen LogP contribution is 2.48. The van der Waals surface area contributed by atoms with Gasteiger partial charge < -0.3 is 10.0 Å². The van der Waals surface area contributed by atoms with Gasteiger partial charge in [-0.3, -0.25) is 14.4 Å². The minimum absolute atomic E-state index is 0.0233. The first kappa shape index (κ1) is 18.2. The summed E-state index contributed by atoms with van der Waals surface area (Å²) in [6.07, 6.45) is 0.930. The third-order valence-electron chi connectivity index (χ3n) is 6.17. The zero-order valence-electron chi connectivity index (χ0n) is 14.7. The molecule has 3 atom stereocenters. The van der Waals surface area contributed by atoms with E-state index in [9.17, 15) is 27.9 Å². The van der Waals surface area contributed by atoms with E-state index in [-0.39, 0.29) is 34.8 Å². The maximum absolute atomic E-state index is 12.9. The summed E-state index contributed by atoms with van der Waals surface area (Å²) in [5.74, 6) is -3.06. The number of ketones is 1. The van der Waals surface area contributed by atoms with Crippen molar-refractivity contribution in [3.8, 4) is 0 Å². The number of carbonyl (C=O) groups is 3. The summed E-state index contributed by atoms with van der Waals surface area (Å²) in [5, 5.41) is 8.66. The number of likely N-dealkylation sites (tertiary alicyclic amines) is 1. The van der Waals surface area contributed by atoms with Crippen LogP contribution in [0.25, 0.3) is 0 Å². The van der Waals surface area contributed by atoms with Gasteiger partial charge in [-0.05, 0) is 25.0 Å². The van der Waals surface area contributed by atoms with E-state index in [0.717, 1.165) is 0 Å². The van der Waals surface area contributed by atoms with Crippen LogP contribution in [0.3, 0.4) is 0 Å². The van der Waals surface area contributed by atoms with Crippen LogP contribution in [0.2, 0.25) is 0 Å². The van der Waals surface area contributed by atoms with Crippen LogP contribution in [0.4, 0.5) is 0 Å². The number of carboxylic acids is 1. The van der Waals surface area contributed by atoms with E-state index in [1.54, 1.807) is 23.1 Å². The molecule has 0 radical (unpaired) electrons. The standard InChI is InChI=1S/C19H21NO6S/c21-12-8-19(9-12)10-20(11-19)17(22)15-6-14(7-16(15)18(23)24)27(25,26)13-4-2-1-3-5-13/h1-5,14-16H,6-11H2,(H,23,24)/t14-,15-,16-/m1/s1. The molecular weight excluding hydrogens is 370 g/mol. The van der Waals surface area contributed by atoms with Crippen LogP contribution in [0.5, 0.6) is 0 Å². The summed E-state index contributed by atoms with van der Waals surface area (Å²) in [5.41, 5.74) is -0.112. The molecule has 0 aromatic heterocycles. The fourth-order valence-corrected chi connectivity index (χ4v) is 6.60. The van der Waals surface area contributed by atoms with Crippen molar-refractivity contribution in [3.05, 3.63) is 30.3 Å². The zero-order valence-corrected chi connectivity index (χ0v) is 15.5. The number of sulfone groups is 1. The lowest BCUT2D eigenvalue weighted by molar-refractivity contribution is -0.164. The Labute approximate surface area is 157 Å². The summed E-state index contributed by atoms with van der Waals surface area (Å²) >= 11 is 0. The number of carbonyl (C=O) groups excluding carboxylic acids is 2. The Morgan fingerprint density at radius 1 is 1.04 bits per heavy atom. The van der Waals surface area contributed by atoms with Crippen molar-refractivity contribution in [1.29, 1.82) is 0 Å². The maximum Gasteiger partial charge on any atom is 0.307 e. The Balaban J connectivity index is 1.50. The van der Waals surface area contributed by atoms with Gasteiger partial charge in [0.05, 0.1) is 22.0 Å². The van der Waals surface area contributed by atoms with Crippen molar-refractivity contribution >= 4 is 27.5 Å². The third kappa shape index (κ3) is 2.96. The molecule has 1 spiro atoms. The van der Waals surface area contributed by atoms with Gasteiger partial charge in [-0.2, -0.15) is 0 Å². The van der Waals surface area contributed by atoms with Crippen molar-refractivity contribution in [1.82, 2.24) is 4.90 Å². The topological polar surface area (TPSA) is 109 Å². The summed E-state index contributed by atoms with van der Waals surface area (Å²) in [4.78, 5) is 37.5. The number of rotatable bonds is 4. The normalized spacial score (nSPS) is 29.3. The van der Waals surface area contributed by atoms with Gasteiger partial charge in [-0.25, -0.2) is 8.42 Å². The lowest BCUT2D eigenvalue weighted by atomic mass is 9.62. The van der Waals surface area contributed by atoms with E-state index < -0.39 is 32.9 Å². The SMILES string of the molecule is O=C1CC2(C1)CN(C(=O)[C@@H]1C[C@@H](S(=O)(=O)c3ccccc3)C[C@H]1C(=O)O)C2. The lowest BCUT2D eigenvalue weighted by Crippen LogP contribution is -2.65. The van der Waals surface area contributed by atoms with Crippen LogP contribution in [0.1, 0.15) is 25.7 Å². The van der Waals surface area contributed by atoms with Gasteiger partial charge in [0.15, 0.2) is 9.84 Å². The summed E-state index contributed by atoms with van der Waals surface area (Å²) in [7, 11) is -3.69. The second kappa shape index (κ2) is 6.15. The molecular formula is C19H21NO6S. The van der Waals surface area contributed by atoms with E-state index in [4.69, 9.17) is 0 Å². The van der Waals surface area contributed by atoms with Gasteiger partial charge in [-0.1, -0.05) is 18.2 Å². The van der Waals surface area contributed by atoms with Crippen LogP contribution < -0.4 is 0 Å². The van der Waals surface area contributed by atoms with Gasteiger partial charge in [0.2, 0.25) is 5.91 Å². The molecule has 2 saturated carbocycles. The predicted octanol–water partition coefficient (Wildman–Crippen LogP) is 1.13. The van der Waals surface area contributed by atoms with E-state index in [2.05, 4.69) is 0 Å². The van der Waals surface area contributed by atoms with Crippen molar-refractivity contribution < 1.29 is 27.9 Å². The summed E-state index contributed by atoms with van der Waals surface area (Å²) < 4.78 is 25.7. The predicted molar refractivity (Wildman–Crippen MR) is 94.5 cm³/mol. The number of hydrogen-bond acceptors (Lipinski definition) is 5. The van der Waals surface area contributed by atoms with Gasteiger partial charge in [0, 0.05) is 31.3 Å². The Morgan fingerprint density at radius 2 is 1.63 bits per heavy atom. The maximum atomic E-state index is 12.9. The minimum atomic E-state index is -3.69. The molecule has 0 bridgehead atoms. The molecule has 3 fully saturated rings. The van der Waals surface area contributed by atoms with Crippen molar-refractivity contribution in [3.63, 3.8) is 0 Å². The molecule has 8 heteroatoms. The number of carboxylic acid groups (broad SMARTS) is 1. The van der Waals surface area contributed by atoms with Crippen LogP contribution in [0.15, 0.2) is 35.2 Å². The highest BCUT2D eigenvalue weighted by Gasteiger charge is 2.56. The van der Waals surface area contributed by atoms with E-state index >= 15 is 0 Å². The average molecular weight is 391 g/mol. The molecule has 144 valence electrons. The monoisotopic (exact) mass is 391 g/mol. The summed E-state index contributed by atoms with van der Waals surface area (Å²) in [6.45, 7) is 0.938. The largest absolute Gasteiger partial charge is 0.481 e. The summed E-state index contributed by atoms with van der Waals surface area (Å²) in [6, 6.07) is 7.95. The number of benzene rings is 1. The number of nitrogens with zero attached hydrogens (tertiary/aromatic N) is 1. The van der Waals surface area contributed by atoms with Gasteiger partial charge >= 0.3 is 5.97 Å². The average Bonchev–Trinajstić information content (AvgIpc) is 3.03. The highest BCUT2D eigenvalue weighted by molar-refractivity contribution is 7.92. The molecule has 1 N–H and O–H groups in total. The Kier molecular flexibility index (Phi) is 4.14. The molecule has 0 unspecified atom stereocenters. The Hall–Kier alpha value is -2.22. The first-order valence-electron chi connectivity index (χ1n) is 9.04. The van der Waals surface area contributed by atoms with Crippen molar-refractivity contribution in [2.45, 2.75) is 35.8 Å². The highest BCUT2D eigenvalue weighted by atomic mass is 32.2. The fourth-order valence-electron chi connectivity index (χ4n) is 4.76. The molecule has 1 aromatic rings. The molecule has 4 rings (SSSR count). The molecule has 1 saturated heterocycles. The second-order valence-electron chi connectivity index (χ2n) is 8.09. The van der Waals surface area contributed by atoms with E-state index in [1.807, 2.05) is 0 Å². The van der Waals surface area contributed by atoms with Crippen molar-refractivity contribution in [2.24, 2.45) is 17.3 Å². The Bertz CT molecular complexity index is 893. The Morgan fingerprint density at radius 3 is 2.19 bits per heavy atom. The molecule has 1 heterocycles. The third-order valence-corrected chi connectivity index (χ3v) is 8.36. The molecule has 1 aliphatic heterocycles. The molecule has 2 aliphatic carbocycles. The number of amides is 1. The molecule has 27 heavy (non-hydrogen) atoms. The molecule has 1 aromatic carbocycles. The number of Topliss-reactive ketones (excluding diaryl/α,β-unsaturated/α-hetero) is 1. The van der Waals surface area contributed by atoms with Crippen LogP contribution >= 0.6 is 0 Å². The zero-order chi connectivity index (χ0) is 19.4. The van der Waals surface area contributed by atoms with Crippen LogP contribution in [0, 0.1) is 17.3 Å². The van der Waals surface area contributed by atoms with Gasteiger partial charge in [-0.15, -0.1) is 0 Å². The van der Waals surface area contributed by atoms with Gasteiger partial charge in [0.25, 0.3) is 0 Å². The van der Waals surface area contributed by atoms with E-state index in [1.165, 1.54) is 12.1 Å². The first-order valence-corrected chi connectivity index (χ1v) is 10.6. The van der Waals surface area contributed by atoms with E-state index in [0.29, 0.717) is 25.9 Å². The first-order chi connectivity index (χ1) is 12.7. The molecule has 3 aliphatic rings. The van der Waals surface area contributed by atoms with Crippen LogP contribution in [-0.2, 0) is 24.2 Å². The smallest absolute Gasteiger partial charge is 0.307 e. The van der Waals surface area contributed by atoms with Gasteiger partial charge in [0.1, 0.15) is 5.78 Å². The lowest BCUT2D eigenvalue weighted by Gasteiger charge is -2.55. The van der Waals surface area contributed by atoms with Crippen molar-refractivity contribution in [2.75, 3.05) is 13.1 Å². The molecule has 1 amide bonds. The fraction of sp³-hybridized carbons (Fsp3) is 0.526. The minimum Gasteiger partial charge on any atom is -0.481 e. The number of hydrogen-bond donors (Lipinski definition) is 1. The number of aliphatic carboxylic acids is 1.